The van der Waals surface area contributed by atoms with E-state index in [1.165, 1.54) is 30.3 Å². The first kappa shape index (κ1) is 19.3. The third-order valence-corrected chi connectivity index (χ3v) is 4.13. The van der Waals surface area contributed by atoms with Crippen LogP contribution in [0.5, 0.6) is 0 Å². The fourth-order valence-electron chi connectivity index (χ4n) is 2.62. The van der Waals surface area contributed by atoms with Crippen LogP contribution in [0.2, 0.25) is 5.02 Å². The third-order valence-electron chi connectivity index (χ3n) is 3.90. The number of benzene rings is 2. The van der Waals surface area contributed by atoms with E-state index in [4.69, 9.17) is 16.3 Å². The number of nitrogens with zero attached hydrogens (tertiary/aromatic N) is 1. The van der Waals surface area contributed by atoms with E-state index in [9.17, 15) is 19.2 Å². The van der Waals surface area contributed by atoms with Gasteiger partial charge in [0.15, 0.2) is 0 Å². The van der Waals surface area contributed by atoms with Crippen molar-refractivity contribution in [3.8, 4) is 0 Å². The second-order valence-electron chi connectivity index (χ2n) is 5.78. The van der Waals surface area contributed by atoms with E-state index in [2.05, 4.69) is 5.32 Å². The highest BCUT2D eigenvalue weighted by Gasteiger charge is 2.36. The molecule has 0 bridgehead atoms. The van der Waals surface area contributed by atoms with Gasteiger partial charge in [-0.1, -0.05) is 23.7 Å². The molecule has 1 aliphatic rings. The van der Waals surface area contributed by atoms with E-state index in [-0.39, 0.29) is 23.4 Å². The van der Waals surface area contributed by atoms with Gasteiger partial charge in [0.2, 0.25) is 0 Å². The van der Waals surface area contributed by atoms with Crippen molar-refractivity contribution in [1.82, 2.24) is 5.32 Å². The van der Waals surface area contributed by atoms with E-state index < -0.39 is 23.8 Å². The van der Waals surface area contributed by atoms with Gasteiger partial charge in [0, 0.05) is 5.02 Å². The van der Waals surface area contributed by atoms with Gasteiger partial charge in [-0.2, -0.15) is 0 Å². The number of carbonyl (C=O) groups is 4. The summed E-state index contributed by atoms with van der Waals surface area (Å²) >= 11 is 5.93. The molecule has 0 aromatic heterocycles. The van der Waals surface area contributed by atoms with Crippen LogP contribution in [0.4, 0.5) is 10.5 Å². The van der Waals surface area contributed by atoms with E-state index >= 15 is 0 Å². The Morgan fingerprint density at radius 1 is 1.14 bits per heavy atom. The average molecular weight is 399 g/mol. The lowest BCUT2D eigenvalue weighted by Crippen LogP contribution is -2.54. The SMILES string of the molecule is CCOC(=O)c1ccc(N2C(=O)NC(=O)/C(=C\c3cccc(Cl)c3)C2=O)cc1. The Kier molecular flexibility index (Phi) is 5.56. The molecule has 0 aliphatic carbocycles. The third kappa shape index (κ3) is 3.94. The lowest BCUT2D eigenvalue weighted by Gasteiger charge is -2.26. The van der Waals surface area contributed by atoms with Crippen LogP contribution in [0.1, 0.15) is 22.8 Å². The van der Waals surface area contributed by atoms with Gasteiger partial charge < -0.3 is 4.74 Å². The van der Waals surface area contributed by atoms with Crippen LogP contribution in [0, 0.1) is 0 Å². The molecule has 2 aromatic carbocycles. The Balaban J connectivity index is 1.93. The lowest BCUT2D eigenvalue weighted by atomic mass is 10.1. The first-order valence-corrected chi connectivity index (χ1v) is 8.72. The van der Waals surface area contributed by atoms with Crippen molar-refractivity contribution in [2.45, 2.75) is 6.92 Å². The molecule has 1 fully saturated rings. The van der Waals surface area contributed by atoms with Gasteiger partial charge in [-0.05, 0) is 55.0 Å². The number of hydrogen-bond donors (Lipinski definition) is 1. The monoisotopic (exact) mass is 398 g/mol. The quantitative estimate of drug-likeness (QED) is 0.485. The normalized spacial score (nSPS) is 15.6. The van der Waals surface area contributed by atoms with Crippen molar-refractivity contribution in [3.63, 3.8) is 0 Å². The molecule has 3 rings (SSSR count). The molecule has 4 amide bonds. The number of barbiturate groups is 1. The van der Waals surface area contributed by atoms with Crippen molar-refractivity contribution in [1.29, 1.82) is 0 Å². The number of ether oxygens (including phenoxy) is 1. The summed E-state index contributed by atoms with van der Waals surface area (Å²) in [5, 5.41) is 2.58. The summed E-state index contributed by atoms with van der Waals surface area (Å²) in [5.41, 5.74) is 0.815. The van der Waals surface area contributed by atoms with Gasteiger partial charge in [0.05, 0.1) is 17.9 Å². The van der Waals surface area contributed by atoms with E-state index in [1.807, 2.05) is 0 Å². The average Bonchev–Trinajstić information content (AvgIpc) is 2.66. The minimum Gasteiger partial charge on any atom is -0.462 e. The molecule has 0 spiro atoms. The van der Waals surface area contributed by atoms with Crippen LogP contribution < -0.4 is 10.2 Å². The first-order chi connectivity index (χ1) is 13.4. The molecule has 0 radical (unpaired) electrons. The van der Waals surface area contributed by atoms with Gasteiger partial charge in [0.25, 0.3) is 11.8 Å². The molecule has 28 heavy (non-hydrogen) atoms. The van der Waals surface area contributed by atoms with E-state index in [0.29, 0.717) is 10.6 Å². The number of hydrogen-bond acceptors (Lipinski definition) is 5. The molecule has 1 aliphatic heterocycles. The number of nitrogens with one attached hydrogen (secondary N) is 1. The molecular weight excluding hydrogens is 384 g/mol. The van der Waals surface area contributed by atoms with Crippen molar-refractivity contribution in [2.24, 2.45) is 0 Å². The van der Waals surface area contributed by atoms with Gasteiger partial charge >= 0.3 is 12.0 Å². The maximum Gasteiger partial charge on any atom is 0.338 e. The molecule has 1 heterocycles. The van der Waals surface area contributed by atoms with Gasteiger partial charge in [-0.3, -0.25) is 14.9 Å². The van der Waals surface area contributed by atoms with Crippen LogP contribution in [0.3, 0.4) is 0 Å². The van der Waals surface area contributed by atoms with Crippen LogP contribution in [0.15, 0.2) is 54.1 Å². The number of imide groups is 2. The maximum atomic E-state index is 12.8. The van der Waals surface area contributed by atoms with Crippen molar-refractivity contribution in [3.05, 3.63) is 70.3 Å². The molecule has 8 heteroatoms. The second kappa shape index (κ2) is 8.06. The number of urea groups is 1. The highest BCUT2D eigenvalue weighted by Crippen LogP contribution is 2.23. The van der Waals surface area contributed by atoms with E-state index in [1.54, 1.807) is 31.2 Å². The molecule has 2 aromatic rings. The number of halogens is 1. The number of anilines is 1. The summed E-state index contributed by atoms with van der Waals surface area (Å²) in [5.74, 6) is -2.09. The molecule has 1 saturated heterocycles. The number of esters is 1. The van der Waals surface area contributed by atoms with Crippen LogP contribution in [-0.2, 0) is 14.3 Å². The molecule has 0 saturated carbocycles. The van der Waals surface area contributed by atoms with Gasteiger partial charge in [0.1, 0.15) is 5.57 Å². The number of rotatable bonds is 4. The van der Waals surface area contributed by atoms with Crippen molar-refractivity contribution >= 4 is 47.2 Å². The summed E-state index contributed by atoms with van der Waals surface area (Å²) in [6.07, 6.45) is 1.36. The van der Waals surface area contributed by atoms with Gasteiger partial charge in [-0.15, -0.1) is 0 Å². The Bertz CT molecular complexity index is 998. The Hall–Kier alpha value is -3.45. The summed E-state index contributed by atoms with van der Waals surface area (Å²) in [7, 11) is 0. The molecule has 1 N–H and O–H groups in total. The van der Waals surface area contributed by atoms with Crippen molar-refractivity contribution < 1.29 is 23.9 Å². The fourth-order valence-corrected chi connectivity index (χ4v) is 2.81. The largest absolute Gasteiger partial charge is 0.462 e. The molecule has 142 valence electrons. The molecule has 0 unspecified atom stereocenters. The smallest absolute Gasteiger partial charge is 0.338 e. The standard InChI is InChI=1S/C20H15ClN2O5/c1-2-28-19(26)13-6-8-15(9-7-13)23-18(25)16(17(24)22-20(23)27)11-12-4-3-5-14(21)10-12/h3-11H,2H2,1H3,(H,22,24,27)/b16-11+. The minimum atomic E-state index is -0.873. The zero-order valence-corrected chi connectivity index (χ0v) is 15.5. The summed E-state index contributed by atoms with van der Waals surface area (Å²) in [4.78, 5) is 49.8. The zero-order chi connectivity index (χ0) is 20.3. The predicted octanol–water partition coefficient (Wildman–Crippen LogP) is 3.18. The summed E-state index contributed by atoms with van der Waals surface area (Å²) in [6.45, 7) is 1.92. The maximum absolute atomic E-state index is 12.8. The Morgan fingerprint density at radius 3 is 2.50 bits per heavy atom. The second-order valence-corrected chi connectivity index (χ2v) is 6.22. The van der Waals surface area contributed by atoms with Crippen molar-refractivity contribution in [2.75, 3.05) is 11.5 Å². The molecule has 0 atom stereocenters. The number of amides is 4. The van der Waals surface area contributed by atoms with E-state index in [0.717, 1.165) is 4.90 Å². The Labute approximate surface area is 165 Å². The summed E-state index contributed by atoms with van der Waals surface area (Å²) < 4.78 is 4.90. The fraction of sp³-hybridized carbons (Fsp3) is 0.100. The van der Waals surface area contributed by atoms with Crippen LogP contribution in [-0.4, -0.2) is 30.4 Å². The number of carbonyl (C=O) groups excluding carboxylic acids is 4. The van der Waals surface area contributed by atoms with Gasteiger partial charge in [-0.25, -0.2) is 14.5 Å². The first-order valence-electron chi connectivity index (χ1n) is 8.35. The minimum absolute atomic E-state index is 0.208. The molecule has 7 nitrogen and oxygen atoms in total. The van der Waals surface area contributed by atoms with Crippen LogP contribution >= 0.6 is 11.6 Å². The van der Waals surface area contributed by atoms with Crippen LogP contribution in [0.25, 0.3) is 6.08 Å². The molecular formula is C20H15ClN2O5. The topological polar surface area (TPSA) is 92.8 Å². The Morgan fingerprint density at radius 2 is 1.86 bits per heavy atom. The highest BCUT2D eigenvalue weighted by atomic mass is 35.5. The summed E-state index contributed by atoms with van der Waals surface area (Å²) in [6, 6.07) is 11.5. The predicted molar refractivity (Wildman–Crippen MR) is 103 cm³/mol. The highest BCUT2D eigenvalue weighted by molar-refractivity contribution is 6.39. The lowest BCUT2D eigenvalue weighted by molar-refractivity contribution is -0.122. The zero-order valence-electron chi connectivity index (χ0n) is 14.8.